The molecule has 0 spiro atoms. The van der Waals surface area contributed by atoms with Gasteiger partial charge in [0.1, 0.15) is 5.37 Å². The van der Waals surface area contributed by atoms with Crippen LogP contribution in [0.5, 0.6) is 11.5 Å². The average Bonchev–Trinajstić information content (AvgIpc) is 2.94. The Bertz CT molecular complexity index is 535. The highest BCUT2D eigenvalue weighted by atomic mass is 32.2. The fraction of sp³-hybridized carbons (Fsp3) is 0.562. The molecule has 1 aliphatic rings. The fourth-order valence-electron chi connectivity index (χ4n) is 2.56. The summed E-state index contributed by atoms with van der Waals surface area (Å²) in [4.78, 5) is 13.9. The van der Waals surface area contributed by atoms with E-state index in [1.165, 1.54) is 0 Å². The number of carbonyl (C=O) groups excluding carboxylic acids is 1. The summed E-state index contributed by atoms with van der Waals surface area (Å²) < 4.78 is 21.2. The Kier molecular flexibility index (Phi) is 6.56. The standard InChI is InChI=1S/C16H23NO5S/c1-19-12-6-5-11(9-13(12)20-2)7-8-17-14(18)10-23-15(17)16(21-3)22-4/h5-6,9,15-16H,7-8,10H2,1-4H3. The van der Waals surface area contributed by atoms with Gasteiger partial charge in [0.15, 0.2) is 17.8 Å². The zero-order valence-corrected chi connectivity index (χ0v) is 14.7. The van der Waals surface area contributed by atoms with Gasteiger partial charge in [0.05, 0.1) is 20.0 Å². The second kappa shape index (κ2) is 8.42. The highest BCUT2D eigenvalue weighted by Gasteiger charge is 2.37. The first-order valence-electron chi connectivity index (χ1n) is 7.32. The van der Waals surface area contributed by atoms with Crippen molar-refractivity contribution in [2.24, 2.45) is 0 Å². The van der Waals surface area contributed by atoms with Crippen molar-refractivity contribution in [3.8, 4) is 11.5 Å². The predicted octanol–water partition coefficient (Wildman–Crippen LogP) is 1.77. The molecule has 23 heavy (non-hydrogen) atoms. The monoisotopic (exact) mass is 341 g/mol. The van der Waals surface area contributed by atoms with E-state index in [0.717, 1.165) is 12.0 Å². The summed E-state index contributed by atoms with van der Waals surface area (Å²) in [7, 11) is 6.39. The van der Waals surface area contributed by atoms with Crippen molar-refractivity contribution < 1.29 is 23.7 Å². The predicted molar refractivity (Wildman–Crippen MR) is 89.0 cm³/mol. The Morgan fingerprint density at radius 1 is 1.17 bits per heavy atom. The van der Waals surface area contributed by atoms with Crippen molar-refractivity contribution in [1.29, 1.82) is 0 Å². The zero-order chi connectivity index (χ0) is 16.8. The fourth-order valence-corrected chi connectivity index (χ4v) is 3.83. The molecule has 128 valence electrons. The van der Waals surface area contributed by atoms with Gasteiger partial charge in [-0.25, -0.2) is 0 Å². The Balaban J connectivity index is 2.05. The third-order valence-electron chi connectivity index (χ3n) is 3.79. The third-order valence-corrected chi connectivity index (χ3v) is 5.02. The van der Waals surface area contributed by atoms with E-state index >= 15 is 0 Å². The van der Waals surface area contributed by atoms with Gasteiger partial charge >= 0.3 is 0 Å². The zero-order valence-electron chi connectivity index (χ0n) is 13.9. The van der Waals surface area contributed by atoms with Gasteiger partial charge in [0.2, 0.25) is 5.91 Å². The van der Waals surface area contributed by atoms with E-state index in [4.69, 9.17) is 18.9 Å². The number of nitrogens with zero attached hydrogens (tertiary/aromatic N) is 1. The molecule has 0 radical (unpaired) electrons. The van der Waals surface area contributed by atoms with Crippen molar-refractivity contribution in [3.63, 3.8) is 0 Å². The highest BCUT2D eigenvalue weighted by Crippen LogP contribution is 2.31. The number of hydrogen-bond acceptors (Lipinski definition) is 6. The molecule has 1 aliphatic heterocycles. The molecule has 1 aromatic carbocycles. The van der Waals surface area contributed by atoms with Gasteiger partial charge in [0, 0.05) is 20.8 Å². The van der Waals surface area contributed by atoms with Crippen LogP contribution in [0.15, 0.2) is 18.2 Å². The van der Waals surface area contributed by atoms with Crippen LogP contribution in [0.2, 0.25) is 0 Å². The lowest BCUT2D eigenvalue weighted by atomic mass is 10.1. The van der Waals surface area contributed by atoms with E-state index in [-0.39, 0.29) is 11.3 Å². The minimum Gasteiger partial charge on any atom is -0.493 e. The van der Waals surface area contributed by atoms with E-state index < -0.39 is 6.29 Å². The molecule has 0 aromatic heterocycles. The van der Waals surface area contributed by atoms with Gasteiger partial charge in [-0.1, -0.05) is 6.07 Å². The van der Waals surface area contributed by atoms with Crippen LogP contribution >= 0.6 is 11.8 Å². The molecular weight excluding hydrogens is 318 g/mol. The summed E-state index contributed by atoms with van der Waals surface area (Å²) in [6, 6.07) is 5.79. The van der Waals surface area contributed by atoms with E-state index in [1.54, 1.807) is 40.2 Å². The lowest BCUT2D eigenvalue weighted by molar-refractivity contribution is -0.145. The van der Waals surface area contributed by atoms with Crippen LogP contribution in [0.1, 0.15) is 5.56 Å². The molecule has 0 N–H and O–H groups in total. The van der Waals surface area contributed by atoms with Crippen molar-refractivity contribution in [2.75, 3.05) is 40.7 Å². The molecule has 1 saturated heterocycles. The summed E-state index contributed by atoms with van der Waals surface area (Å²) in [6.45, 7) is 0.606. The number of hydrogen-bond donors (Lipinski definition) is 0. The van der Waals surface area contributed by atoms with Gasteiger partial charge in [-0.05, 0) is 24.1 Å². The number of rotatable bonds is 8. The molecule has 1 fully saturated rings. The van der Waals surface area contributed by atoms with E-state index in [0.29, 0.717) is 23.8 Å². The maximum absolute atomic E-state index is 12.1. The summed E-state index contributed by atoms with van der Waals surface area (Å²) >= 11 is 1.55. The molecule has 1 heterocycles. The van der Waals surface area contributed by atoms with Gasteiger partial charge in [-0.2, -0.15) is 0 Å². The van der Waals surface area contributed by atoms with E-state index in [9.17, 15) is 4.79 Å². The Hall–Kier alpha value is -1.44. The van der Waals surface area contributed by atoms with Crippen molar-refractivity contribution in [2.45, 2.75) is 18.1 Å². The topological polar surface area (TPSA) is 57.2 Å². The molecule has 1 aromatic rings. The van der Waals surface area contributed by atoms with E-state index in [2.05, 4.69) is 0 Å². The number of ether oxygens (including phenoxy) is 4. The minimum atomic E-state index is -0.420. The number of carbonyl (C=O) groups is 1. The van der Waals surface area contributed by atoms with Crippen LogP contribution in [0.4, 0.5) is 0 Å². The van der Waals surface area contributed by atoms with Crippen molar-refractivity contribution in [1.82, 2.24) is 4.90 Å². The lowest BCUT2D eigenvalue weighted by Gasteiger charge is -2.29. The van der Waals surface area contributed by atoms with Crippen molar-refractivity contribution in [3.05, 3.63) is 23.8 Å². The first-order chi connectivity index (χ1) is 11.1. The highest BCUT2D eigenvalue weighted by molar-refractivity contribution is 8.01. The molecule has 0 bridgehead atoms. The SMILES string of the molecule is COc1ccc(CCN2C(=O)CSC2C(OC)OC)cc1OC. The Morgan fingerprint density at radius 2 is 1.87 bits per heavy atom. The Morgan fingerprint density at radius 3 is 2.48 bits per heavy atom. The number of amides is 1. The molecule has 1 unspecified atom stereocenters. The Labute approximate surface area is 141 Å². The van der Waals surface area contributed by atoms with E-state index in [1.807, 2.05) is 23.1 Å². The average molecular weight is 341 g/mol. The number of thioether (sulfide) groups is 1. The van der Waals surface area contributed by atoms with Crippen molar-refractivity contribution >= 4 is 17.7 Å². The quantitative estimate of drug-likeness (QED) is 0.672. The van der Waals surface area contributed by atoms with Crippen LogP contribution in [0.3, 0.4) is 0 Å². The third kappa shape index (κ3) is 4.10. The lowest BCUT2D eigenvalue weighted by Crippen LogP contribution is -2.42. The summed E-state index contributed by atoms with van der Waals surface area (Å²) in [6.07, 6.45) is 0.306. The van der Waals surface area contributed by atoms with Crippen LogP contribution in [0, 0.1) is 0 Å². The van der Waals surface area contributed by atoms with Gasteiger partial charge in [-0.3, -0.25) is 4.79 Å². The minimum absolute atomic E-state index is 0.111. The maximum Gasteiger partial charge on any atom is 0.233 e. The normalized spacial score (nSPS) is 17.9. The molecule has 0 saturated carbocycles. The first kappa shape index (κ1) is 17.9. The van der Waals surface area contributed by atoms with Crippen LogP contribution in [-0.2, 0) is 20.7 Å². The molecular formula is C16H23NO5S. The van der Waals surface area contributed by atoms with Gasteiger partial charge in [0.25, 0.3) is 0 Å². The largest absolute Gasteiger partial charge is 0.493 e. The molecule has 0 aliphatic carbocycles. The summed E-state index contributed by atoms with van der Waals surface area (Å²) in [5, 5.41) is -0.113. The van der Waals surface area contributed by atoms with Crippen LogP contribution in [0.25, 0.3) is 0 Å². The molecule has 2 rings (SSSR count). The van der Waals surface area contributed by atoms with Crippen LogP contribution in [-0.4, -0.2) is 63.2 Å². The summed E-state index contributed by atoms with van der Waals surface area (Å²) in [5.74, 6) is 1.95. The molecule has 1 atom stereocenters. The number of methoxy groups -OCH3 is 4. The van der Waals surface area contributed by atoms with Crippen LogP contribution < -0.4 is 9.47 Å². The molecule has 1 amide bonds. The van der Waals surface area contributed by atoms with Gasteiger partial charge in [-0.15, -0.1) is 11.8 Å². The second-order valence-corrected chi connectivity index (χ2v) is 6.17. The first-order valence-corrected chi connectivity index (χ1v) is 8.37. The number of benzene rings is 1. The van der Waals surface area contributed by atoms with Gasteiger partial charge < -0.3 is 23.8 Å². The molecule has 6 nitrogen and oxygen atoms in total. The summed E-state index contributed by atoms with van der Waals surface area (Å²) in [5.41, 5.74) is 1.08. The maximum atomic E-state index is 12.1. The smallest absolute Gasteiger partial charge is 0.233 e. The second-order valence-electron chi connectivity index (χ2n) is 5.07. The molecule has 7 heteroatoms.